The lowest BCUT2D eigenvalue weighted by Crippen LogP contribution is -2.30. The monoisotopic (exact) mass is 405 g/mol. The van der Waals surface area contributed by atoms with Gasteiger partial charge in [-0.2, -0.15) is 0 Å². The second-order valence-electron chi connectivity index (χ2n) is 10.2. The smallest absolute Gasteiger partial charge is 0.141 e. The van der Waals surface area contributed by atoms with Gasteiger partial charge in [0.2, 0.25) is 0 Å². The van der Waals surface area contributed by atoms with Crippen LogP contribution < -0.4 is 0 Å². The van der Waals surface area contributed by atoms with Crippen LogP contribution in [0.3, 0.4) is 0 Å². The first kappa shape index (κ1) is 23.3. The first-order chi connectivity index (χ1) is 14.2. The third kappa shape index (κ3) is 7.99. The van der Waals surface area contributed by atoms with Crippen molar-refractivity contribution in [3.05, 3.63) is 12.7 Å². The molecule has 0 spiro atoms. The lowest BCUT2D eigenvalue weighted by atomic mass is 9.76. The minimum absolute atomic E-state index is 0.228. The summed E-state index contributed by atoms with van der Waals surface area (Å²) in [7, 11) is 2.12. The van der Waals surface area contributed by atoms with Gasteiger partial charge in [-0.3, -0.25) is 4.90 Å². The van der Waals surface area contributed by atoms with Crippen LogP contribution >= 0.6 is 0 Å². The molecule has 0 aromatic rings. The highest BCUT2D eigenvalue weighted by Crippen LogP contribution is 2.37. The maximum atomic E-state index is 6.17. The highest BCUT2D eigenvalue weighted by molar-refractivity contribution is 4.96. The van der Waals surface area contributed by atoms with E-state index in [1.807, 2.05) is 6.08 Å². The zero-order valence-electron chi connectivity index (χ0n) is 19.3. The molecule has 0 radical (unpaired) electrons. The first-order valence-corrected chi connectivity index (χ1v) is 12.8. The molecule has 1 saturated heterocycles. The Morgan fingerprint density at radius 3 is 2.03 bits per heavy atom. The molecule has 0 aromatic heterocycles. The van der Waals surface area contributed by atoms with Crippen LogP contribution in [-0.2, 0) is 9.47 Å². The molecule has 2 aliphatic carbocycles. The van der Waals surface area contributed by atoms with Crippen LogP contribution in [0.1, 0.15) is 96.8 Å². The fraction of sp³-hybridized carbons (Fsp3) is 0.923. The van der Waals surface area contributed by atoms with E-state index in [0.29, 0.717) is 6.10 Å². The molecule has 3 aliphatic rings. The van der Waals surface area contributed by atoms with Crippen LogP contribution in [0.5, 0.6) is 0 Å². The Morgan fingerprint density at radius 1 is 0.897 bits per heavy atom. The standard InChI is InChI=1S/C26H47NO2/c1-4-6-7-8-21-9-11-22(12-10-21)13-14-23-15-17-24(18-16-23)28-20-19-27(3)26-25(5-2)29-26/h5,21-26H,2,4,6-20H2,1,3H3. The maximum Gasteiger partial charge on any atom is 0.141 e. The fourth-order valence-electron chi connectivity index (χ4n) is 5.68. The Labute approximate surface area is 180 Å². The Balaban J connectivity index is 1.19. The van der Waals surface area contributed by atoms with E-state index in [1.54, 1.807) is 0 Å². The molecule has 0 bridgehead atoms. The van der Waals surface area contributed by atoms with Crippen molar-refractivity contribution in [2.45, 2.75) is 115 Å². The largest absolute Gasteiger partial charge is 0.377 e. The SMILES string of the molecule is C=CC1OC1N(C)CCOC1CCC(CCC2CCC(CCCCC)CC2)CC1. The summed E-state index contributed by atoms with van der Waals surface area (Å²) in [5.74, 6) is 3.05. The predicted molar refractivity (Wildman–Crippen MR) is 122 cm³/mol. The van der Waals surface area contributed by atoms with Gasteiger partial charge in [0.15, 0.2) is 0 Å². The highest BCUT2D eigenvalue weighted by Gasteiger charge is 2.39. The normalized spacial score (nSPS) is 35.0. The minimum Gasteiger partial charge on any atom is -0.377 e. The average Bonchev–Trinajstić information content (AvgIpc) is 3.54. The summed E-state index contributed by atoms with van der Waals surface area (Å²) < 4.78 is 11.7. The van der Waals surface area contributed by atoms with Crippen molar-refractivity contribution >= 4 is 0 Å². The van der Waals surface area contributed by atoms with Crippen LogP contribution in [0.2, 0.25) is 0 Å². The van der Waals surface area contributed by atoms with Crippen molar-refractivity contribution in [1.82, 2.24) is 4.90 Å². The summed E-state index contributed by atoms with van der Waals surface area (Å²) >= 11 is 0. The van der Waals surface area contributed by atoms with Crippen molar-refractivity contribution in [3.8, 4) is 0 Å². The third-order valence-electron chi connectivity index (χ3n) is 7.92. The zero-order valence-corrected chi connectivity index (χ0v) is 19.3. The van der Waals surface area contributed by atoms with E-state index in [0.717, 1.165) is 30.9 Å². The molecule has 0 N–H and O–H groups in total. The third-order valence-corrected chi connectivity index (χ3v) is 7.92. The molecule has 2 saturated carbocycles. The lowest BCUT2D eigenvalue weighted by Gasteiger charge is -2.32. The van der Waals surface area contributed by atoms with Gasteiger partial charge in [-0.05, 0) is 50.5 Å². The summed E-state index contributed by atoms with van der Waals surface area (Å²) in [6, 6.07) is 0. The number of hydrogen-bond donors (Lipinski definition) is 0. The van der Waals surface area contributed by atoms with Crippen LogP contribution in [0.15, 0.2) is 12.7 Å². The van der Waals surface area contributed by atoms with Crippen LogP contribution in [-0.4, -0.2) is 43.5 Å². The van der Waals surface area contributed by atoms with Gasteiger partial charge in [0.05, 0.1) is 12.7 Å². The number of nitrogens with zero attached hydrogens (tertiary/aromatic N) is 1. The molecule has 2 unspecified atom stereocenters. The second kappa shape index (κ2) is 12.5. The summed E-state index contributed by atoms with van der Waals surface area (Å²) in [5, 5.41) is 0. The topological polar surface area (TPSA) is 25.0 Å². The van der Waals surface area contributed by atoms with E-state index in [1.165, 1.54) is 89.9 Å². The lowest BCUT2D eigenvalue weighted by molar-refractivity contribution is 0.00426. The minimum atomic E-state index is 0.228. The van der Waals surface area contributed by atoms with Crippen molar-refractivity contribution < 1.29 is 9.47 Å². The Hall–Kier alpha value is -0.380. The fourth-order valence-corrected chi connectivity index (χ4v) is 5.68. The van der Waals surface area contributed by atoms with Crippen LogP contribution in [0, 0.1) is 17.8 Å². The van der Waals surface area contributed by atoms with E-state index < -0.39 is 0 Å². The molecule has 3 rings (SSSR count). The van der Waals surface area contributed by atoms with Gasteiger partial charge in [-0.1, -0.05) is 77.2 Å². The molecule has 0 aromatic carbocycles. The summed E-state index contributed by atoms with van der Waals surface area (Å²) in [4.78, 5) is 2.25. The Bertz CT molecular complexity index is 452. The quantitative estimate of drug-likeness (QED) is 0.197. The van der Waals surface area contributed by atoms with E-state index >= 15 is 0 Å². The molecule has 29 heavy (non-hydrogen) atoms. The van der Waals surface area contributed by atoms with Crippen molar-refractivity contribution in [3.63, 3.8) is 0 Å². The number of hydrogen-bond acceptors (Lipinski definition) is 3. The molecular weight excluding hydrogens is 358 g/mol. The summed E-state index contributed by atoms with van der Waals surface area (Å²) in [6.45, 7) is 7.90. The maximum absolute atomic E-state index is 6.17. The van der Waals surface area contributed by atoms with E-state index in [2.05, 4.69) is 25.5 Å². The number of unbranched alkanes of at least 4 members (excludes halogenated alkanes) is 2. The number of ether oxygens (including phenoxy) is 2. The van der Waals surface area contributed by atoms with Gasteiger partial charge in [0.1, 0.15) is 12.3 Å². The number of rotatable bonds is 13. The Kier molecular flexibility index (Phi) is 10.0. The molecule has 0 amide bonds. The molecule has 3 heteroatoms. The molecular formula is C26H47NO2. The van der Waals surface area contributed by atoms with Crippen molar-refractivity contribution in [2.75, 3.05) is 20.2 Å². The molecule has 1 heterocycles. The highest BCUT2D eigenvalue weighted by atomic mass is 16.6. The Morgan fingerprint density at radius 2 is 1.48 bits per heavy atom. The van der Waals surface area contributed by atoms with Gasteiger partial charge < -0.3 is 9.47 Å². The predicted octanol–water partition coefficient (Wildman–Crippen LogP) is 6.57. The zero-order chi connectivity index (χ0) is 20.5. The van der Waals surface area contributed by atoms with E-state index in [4.69, 9.17) is 9.47 Å². The van der Waals surface area contributed by atoms with E-state index in [9.17, 15) is 0 Å². The molecule has 2 atom stereocenters. The van der Waals surface area contributed by atoms with Gasteiger partial charge in [-0.25, -0.2) is 0 Å². The van der Waals surface area contributed by atoms with E-state index in [-0.39, 0.29) is 12.3 Å². The van der Waals surface area contributed by atoms with Gasteiger partial charge in [0, 0.05) is 6.54 Å². The average molecular weight is 406 g/mol. The summed E-state index contributed by atoms with van der Waals surface area (Å²) in [6.07, 6.45) is 23.0. The van der Waals surface area contributed by atoms with Crippen molar-refractivity contribution in [2.24, 2.45) is 17.8 Å². The van der Waals surface area contributed by atoms with Crippen LogP contribution in [0.25, 0.3) is 0 Å². The molecule has 3 nitrogen and oxygen atoms in total. The van der Waals surface area contributed by atoms with Gasteiger partial charge in [0.25, 0.3) is 0 Å². The van der Waals surface area contributed by atoms with Crippen molar-refractivity contribution in [1.29, 1.82) is 0 Å². The molecule has 3 fully saturated rings. The van der Waals surface area contributed by atoms with Crippen LogP contribution in [0.4, 0.5) is 0 Å². The second-order valence-corrected chi connectivity index (χ2v) is 10.2. The first-order valence-electron chi connectivity index (χ1n) is 12.8. The number of epoxide rings is 1. The number of likely N-dealkylation sites (N-methyl/N-ethyl adjacent to an activating group) is 1. The molecule has 168 valence electrons. The molecule has 1 aliphatic heterocycles. The summed E-state index contributed by atoms with van der Waals surface area (Å²) in [5.41, 5.74) is 0. The van der Waals surface area contributed by atoms with Gasteiger partial charge in [-0.15, -0.1) is 6.58 Å². The van der Waals surface area contributed by atoms with Gasteiger partial charge >= 0.3 is 0 Å².